The fourth-order valence-electron chi connectivity index (χ4n) is 3.35. The van der Waals surface area contributed by atoms with Crippen molar-refractivity contribution in [1.29, 1.82) is 0 Å². The smallest absolute Gasteiger partial charge is 0.269 e. The van der Waals surface area contributed by atoms with Crippen LogP contribution in [0.5, 0.6) is 11.5 Å². The summed E-state index contributed by atoms with van der Waals surface area (Å²) >= 11 is 0. The van der Waals surface area contributed by atoms with Crippen LogP contribution >= 0.6 is 0 Å². The molecule has 0 saturated carbocycles. The van der Waals surface area contributed by atoms with E-state index in [1.807, 2.05) is 60.7 Å². The molecule has 0 fully saturated rings. The van der Waals surface area contributed by atoms with Crippen LogP contribution in [0.15, 0.2) is 72.8 Å². The summed E-state index contributed by atoms with van der Waals surface area (Å²) in [6.07, 6.45) is 0.904. The van der Waals surface area contributed by atoms with E-state index in [0.29, 0.717) is 17.1 Å². The maximum atomic E-state index is 13.0. The molecule has 28 heavy (non-hydrogen) atoms. The van der Waals surface area contributed by atoms with Crippen LogP contribution in [0, 0.1) is 0 Å². The number of fused-ring (bicyclic) bond motifs is 2. The van der Waals surface area contributed by atoms with Crippen LogP contribution in [0.3, 0.4) is 0 Å². The highest BCUT2D eigenvalue weighted by molar-refractivity contribution is 5.97. The summed E-state index contributed by atoms with van der Waals surface area (Å²) in [6, 6.07) is 22.2. The first-order valence-electron chi connectivity index (χ1n) is 9.22. The number of nitrogens with one attached hydrogen (secondary N) is 2. The summed E-state index contributed by atoms with van der Waals surface area (Å²) in [5, 5.41) is 0. The molecule has 5 heteroatoms. The third-order valence-corrected chi connectivity index (χ3v) is 4.87. The van der Waals surface area contributed by atoms with Crippen LogP contribution in [0.4, 0.5) is 0 Å². The van der Waals surface area contributed by atoms with Crippen molar-refractivity contribution >= 4 is 11.8 Å². The van der Waals surface area contributed by atoms with E-state index in [1.54, 1.807) is 12.1 Å². The molecule has 0 spiro atoms. The predicted octanol–water partition coefficient (Wildman–Crippen LogP) is 3.95. The molecule has 2 N–H and O–H groups in total. The van der Waals surface area contributed by atoms with Gasteiger partial charge in [0.2, 0.25) is 0 Å². The highest BCUT2D eigenvalue weighted by Crippen LogP contribution is 2.43. The van der Waals surface area contributed by atoms with Gasteiger partial charge in [0.05, 0.1) is 5.92 Å². The van der Waals surface area contributed by atoms with Crippen molar-refractivity contribution in [2.24, 2.45) is 0 Å². The quantitative estimate of drug-likeness (QED) is 0.684. The Labute approximate surface area is 163 Å². The Bertz CT molecular complexity index is 983. The summed E-state index contributed by atoms with van der Waals surface area (Å²) in [4.78, 5) is 25.4. The molecular weight excluding hydrogens is 352 g/mol. The number of carbonyl (C=O) groups is 2. The average Bonchev–Trinajstić information content (AvgIpc) is 2.75. The van der Waals surface area contributed by atoms with Gasteiger partial charge in [-0.15, -0.1) is 0 Å². The van der Waals surface area contributed by atoms with Crippen LogP contribution in [-0.2, 0) is 11.2 Å². The Balaban J connectivity index is 1.54. The molecule has 0 bridgehead atoms. The third kappa shape index (κ3) is 3.34. The zero-order valence-electron chi connectivity index (χ0n) is 15.4. The van der Waals surface area contributed by atoms with Crippen LogP contribution in [0.1, 0.15) is 39.9 Å². The number of hydrogen-bond donors (Lipinski definition) is 2. The van der Waals surface area contributed by atoms with E-state index < -0.39 is 5.92 Å². The fourth-order valence-corrected chi connectivity index (χ4v) is 3.35. The molecule has 2 amide bonds. The van der Waals surface area contributed by atoms with Crippen molar-refractivity contribution in [3.8, 4) is 11.5 Å². The number of rotatable bonds is 3. The maximum absolute atomic E-state index is 13.0. The van der Waals surface area contributed by atoms with Gasteiger partial charge in [0.15, 0.2) is 0 Å². The number of aryl methyl sites for hydroxylation is 1. The SMILES string of the molecule is CCc1ccc(C(=O)NNC(=O)C2c3ccccc3Oc3ccccc32)cc1. The molecule has 1 aliphatic rings. The molecule has 3 aromatic rings. The van der Waals surface area contributed by atoms with Gasteiger partial charge in [-0.25, -0.2) is 0 Å². The van der Waals surface area contributed by atoms with Gasteiger partial charge >= 0.3 is 0 Å². The average molecular weight is 372 g/mol. The first-order chi connectivity index (χ1) is 13.7. The second-order valence-electron chi connectivity index (χ2n) is 6.60. The Morgan fingerprint density at radius 2 is 1.39 bits per heavy atom. The summed E-state index contributed by atoms with van der Waals surface area (Å²) in [6.45, 7) is 2.05. The van der Waals surface area contributed by atoms with Gasteiger partial charge in [-0.05, 0) is 36.2 Å². The fraction of sp³-hybridized carbons (Fsp3) is 0.130. The number of para-hydroxylation sites is 2. The Morgan fingerprint density at radius 1 is 0.821 bits per heavy atom. The lowest BCUT2D eigenvalue weighted by molar-refractivity contribution is -0.122. The number of carbonyl (C=O) groups excluding carboxylic acids is 2. The first-order valence-corrected chi connectivity index (χ1v) is 9.22. The van der Waals surface area contributed by atoms with Gasteiger partial charge < -0.3 is 4.74 Å². The number of amides is 2. The summed E-state index contributed by atoms with van der Waals surface area (Å²) < 4.78 is 5.91. The van der Waals surface area contributed by atoms with Gasteiger partial charge in [0.25, 0.3) is 11.8 Å². The maximum Gasteiger partial charge on any atom is 0.269 e. The number of hydrazine groups is 1. The number of benzene rings is 3. The third-order valence-electron chi connectivity index (χ3n) is 4.87. The van der Waals surface area contributed by atoms with E-state index in [4.69, 9.17) is 4.74 Å². The molecule has 0 aromatic heterocycles. The highest BCUT2D eigenvalue weighted by Gasteiger charge is 2.32. The van der Waals surface area contributed by atoms with Crippen LogP contribution in [0.25, 0.3) is 0 Å². The zero-order valence-corrected chi connectivity index (χ0v) is 15.4. The van der Waals surface area contributed by atoms with E-state index in [1.165, 1.54) is 0 Å². The van der Waals surface area contributed by atoms with Gasteiger partial charge in [-0.1, -0.05) is 55.5 Å². The molecule has 4 rings (SSSR count). The predicted molar refractivity (Wildman–Crippen MR) is 106 cm³/mol. The lowest BCUT2D eigenvalue weighted by Gasteiger charge is -2.27. The van der Waals surface area contributed by atoms with Gasteiger partial charge in [-0.2, -0.15) is 0 Å². The number of ether oxygens (including phenoxy) is 1. The molecule has 1 aliphatic heterocycles. The highest BCUT2D eigenvalue weighted by atomic mass is 16.5. The van der Waals surface area contributed by atoms with Crippen molar-refractivity contribution in [3.63, 3.8) is 0 Å². The van der Waals surface area contributed by atoms with Crippen LogP contribution in [0.2, 0.25) is 0 Å². The van der Waals surface area contributed by atoms with E-state index in [9.17, 15) is 9.59 Å². The summed E-state index contributed by atoms with van der Waals surface area (Å²) in [5.74, 6) is 0.0425. The van der Waals surface area contributed by atoms with Crippen molar-refractivity contribution in [1.82, 2.24) is 10.9 Å². The zero-order chi connectivity index (χ0) is 19.5. The van der Waals surface area contributed by atoms with Gasteiger partial charge in [-0.3, -0.25) is 20.4 Å². The first kappa shape index (κ1) is 17.8. The normalized spacial score (nSPS) is 12.3. The lowest BCUT2D eigenvalue weighted by atomic mass is 9.87. The Hall–Kier alpha value is -3.60. The van der Waals surface area contributed by atoms with Crippen LogP contribution < -0.4 is 15.6 Å². The summed E-state index contributed by atoms with van der Waals surface area (Å²) in [7, 11) is 0. The molecule has 0 aliphatic carbocycles. The van der Waals surface area contributed by atoms with Crippen molar-refractivity contribution in [2.75, 3.05) is 0 Å². The minimum absolute atomic E-state index is 0.318. The monoisotopic (exact) mass is 372 g/mol. The van der Waals surface area contributed by atoms with Crippen molar-refractivity contribution in [2.45, 2.75) is 19.3 Å². The molecule has 0 radical (unpaired) electrons. The number of hydrogen-bond acceptors (Lipinski definition) is 3. The molecule has 0 saturated heterocycles. The standard InChI is InChI=1S/C23H20N2O3/c1-2-15-11-13-16(14-12-15)22(26)24-25-23(27)21-17-7-3-5-9-19(17)28-20-10-6-4-8-18(20)21/h3-14,21H,2H2,1H3,(H,24,26)(H,25,27). The minimum atomic E-state index is -0.566. The van der Waals surface area contributed by atoms with Crippen LogP contribution in [-0.4, -0.2) is 11.8 Å². The molecule has 5 nitrogen and oxygen atoms in total. The van der Waals surface area contributed by atoms with E-state index in [2.05, 4.69) is 17.8 Å². The molecule has 0 atom stereocenters. The molecular formula is C23H20N2O3. The van der Waals surface area contributed by atoms with Crippen molar-refractivity contribution < 1.29 is 14.3 Å². The topological polar surface area (TPSA) is 67.4 Å². The molecule has 1 heterocycles. The largest absolute Gasteiger partial charge is 0.457 e. The Morgan fingerprint density at radius 3 is 1.96 bits per heavy atom. The summed E-state index contributed by atoms with van der Waals surface area (Å²) in [5.41, 5.74) is 8.25. The van der Waals surface area contributed by atoms with Crippen molar-refractivity contribution in [3.05, 3.63) is 95.1 Å². The van der Waals surface area contributed by atoms with Gasteiger partial charge in [0.1, 0.15) is 11.5 Å². The molecule has 3 aromatic carbocycles. The second kappa shape index (κ2) is 7.56. The molecule has 0 unspecified atom stereocenters. The van der Waals surface area contributed by atoms with E-state index >= 15 is 0 Å². The minimum Gasteiger partial charge on any atom is -0.457 e. The Kier molecular flexibility index (Phi) is 4.81. The molecule has 140 valence electrons. The van der Waals surface area contributed by atoms with E-state index in [-0.39, 0.29) is 11.8 Å². The van der Waals surface area contributed by atoms with E-state index in [0.717, 1.165) is 23.1 Å². The second-order valence-corrected chi connectivity index (χ2v) is 6.60. The lowest BCUT2D eigenvalue weighted by Crippen LogP contribution is -2.44. The van der Waals surface area contributed by atoms with Gasteiger partial charge in [0, 0.05) is 16.7 Å².